The lowest BCUT2D eigenvalue weighted by Gasteiger charge is -2.41. The molecule has 168 valence electrons. The molecule has 3 aromatic rings. The van der Waals surface area contributed by atoms with Crippen molar-refractivity contribution < 1.29 is 14.2 Å². The van der Waals surface area contributed by atoms with E-state index in [0.717, 1.165) is 24.3 Å². The third kappa shape index (κ3) is 3.10. The molecule has 4 atom stereocenters. The van der Waals surface area contributed by atoms with Crippen LogP contribution in [0.25, 0.3) is 22.0 Å². The Balaban J connectivity index is 1.38. The number of rotatable bonds is 4. The van der Waals surface area contributed by atoms with Crippen LogP contribution in [0.4, 0.5) is 4.39 Å². The van der Waals surface area contributed by atoms with Gasteiger partial charge in [0.2, 0.25) is 0 Å². The number of nitrogens with zero attached hydrogens (tertiary/aromatic N) is 6. The van der Waals surface area contributed by atoms with Crippen LogP contribution in [0.15, 0.2) is 29.3 Å². The Bertz CT molecular complexity index is 1260. The van der Waals surface area contributed by atoms with E-state index in [9.17, 15) is 9.90 Å². The van der Waals surface area contributed by atoms with Gasteiger partial charge in [-0.15, -0.1) is 5.10 Å². The third-order valence-corrected chi connectivity index (χ3v) is 7.60. The van der Waals surface area contributed by atoms with E-state index in [-0.39, 0.29) is 22.2 Å². The van der Waals surface area contributed by atoms with Crippen molar-refractivity contribution >= 4 is 11.3 Å². The summed E-state index contributed by atoms with van der Waals surface area (Å²) < 4.78 is 22.5. The van der Waals surface area contributed by atoms with Gasteiger partial charge in [-0.1, -0.05) is 29.4 Å². The lowest BCUT2D eigenvalue weighted by atomic mass is 9.87. The van der Waals surface area contributed by atoms with E-state index in [1.165, 1.54) is 17.0 Å². The molecular weight excluding hydrogens is 435 g/mol. The molecule has 1 aliphatic carbocycles. The third-order valence-electron chi connectivity index (χ3n) is 6.76. The summed E-state index contributed by atoms with van der Waals surface area (Å²) in [6.07, 6.45) is 0.361. The van der Waals surface area contributed by atoms with Crippen molar-refractivity contribution in [2.75, 3.05) is 13.6 Å². The molecule has 1 saturated carbocycles. The fourth-order valence-corrected chi connectivity index (χ4v) is 5.73. The van der Waals surface area contributed by atoms with Crippen LogP contribution in [0.1, 0.15) is 20.3 Å². The van der Waals surface area contributed by atoms with Gasteiger partial charge in [0, 0.05) is 24.6 Å². The molecule has 11 heteroatoms. The zero-order valence-electron chi connectivity index (χ0n) is 18.1. The molecule has 0 amide bonds. The summed E-state index contributed by atoms with van der Waals surface area (Å²) in [4.78, 5) is 21.8. The van der Waals surface area contributed by atoms with E-state index in [0.29, 0.717) is 16.1 Å². The van der Waals surface area contributed by atoms with E-state index in [1.807, 2.05) is 20.9 Å². The first kappa shape index (κ1) is 21.0. The Morgan fingerprint density at radius 3 is 2.72 bits per heavy atom. The molecule has 2 aromatic heterocycles. The predicted octanol–water partition coefficient (Wildman–Crippen LogP) is 2.27. The second-order valence-corrected chi connectivity index (χ2v) is 10.1. The number of aryl methyl sites for hydroxylation is 1. The van der Waals surface area contributed by atoms with Gasteiger partial charge in [0.15, 0.2) is 17.0 Å². The first-order chi connectivity index (χ1) is 15.1. The summed E-state index contributed by atoms with van der Waals surface area (Å²) in [6, 6.07) is 4.82. The van der Waals surface area contributed by atoms with Gasteiger partial charge < -0.3 is 9.84 Å². The Morgan fingerprint density at radius 1 is 1.28 bits per heavy atom. The number of halogens is 1. The van der Waals surface area contributed by atoms with E-state index in [1.54, 1.807) is 19.2 Å². The minimum absolute atomic E-state index is 0.0566. The summed E-state index contributed by atoms with van der Waals surface area (Å²) >= 11 is 1.15. The molecule has 2 bridgehead atoms. The maximum atomic E-state index is 15.2. The van der Waals surface area contributed by atoms with Crippen molar-refractivity contribution in [3.63, 3.8) is 0 Å². The Labute approximate surface area is 187 Å². The molecule has 1 unspecified atom stereocenters. The number of alkyl halides is 1. The Hall–Kier alpha value is -2.92. The van der Waals surface area contributed by atoms with Gasteiger partial charge in [-0.2, -0.15) is 4.98 Å². The molecule has 1 saturated heterocycles. The molecule has 1 aromatic carbocycles. The van der Waals surface area contributed by atoms with Crippen LogP contribution in [-0.2, 0) is 7.05 Å². The van der Waals surface area contributed by atoms with E-state index >= 15 is 4.39 Å². The fourth-order valence-electron chi connectivity index (χ4n) is 4.97. The number of phenolic OH excluding ortho intramolecular Hbond substituents is 1. The van der Waals surface area contributed by atoms with Crippen LogP contribution in [0.2, 0.25) is 0 Å². The summed E-state index contributed by atoms with van der Waals surface area (Å²) in [5.74, 6) is 0.159. The second kappa shape index (κ2) is 7.04. The van der Waals surface area contributed by atoms with Gasteiger partial charge in [-0.25, -0.2) is 14.2 Å². The minimum Gasteiger partial charge on any atom is -0.507 e. The van der Waals surface area contributed by atoms with Gasteiger partial charge >= 0.3 is 5.69 Å². The largest absolute Gasteiger partial charge is 0.507 e. The Morgan fingerprint density at radius 2 is 2.06 bits per heavy atom. The van der Waals surface area contributed by atoms with Gasteiger partial charge in [-0.05, 0) is 32.5 Å². The zero-order chi connectivity index (χ0) is 22.8. The molecule has 0 radical (unpaired) electrons. The summed E-state index contributed by atoms with van der Waals surface area (Å²) in [5, 5.41) is 19.5. The fraction of sp³-hybridized carbons (Fsp3) is 0.476. The van der Waals surface area contributed by atoms with Gasteiger partial charge in [-0.3, -0.25) is 9.47 Å². The van der Waals surface area contributed by atoms with Gasteiger partial charge in [0.1, 0.15) is 18.2 Å². The molecule has 32 heavy (non-hydrogen) atoms. The number of ether oxygens (including phenoxy) is 1. The second-order valence-electron chi connectivity index (χ2n) is 9.16. The number of benzene rings is 1. The molecule has 3 heterocycles. The average molecular weight is 459 g/mol. The van der Waals surface area contributed by atoms with Crippen LogP contribution >= 0.6 is 11.3 Å². The van der Waals surface area contributed by atoms with Crippen molar-refractivity contribution in [3.05, 3.63) is 35.0 Å². The van der Waals surface area contributed by atoms with Crippen molar-refractivity contribution in [2.24, 2.45) is 12.5 Å². The molecule has 5 rings (SSSR count). The first-order valence-corrected chi connectivity index (χ1v) is 11.0. The average Bonchev–Trinajstić information content (AvgIpc) is 3.35. The lowest BCUT2D eigenvalue weighted by Crippen LogP contribution is -2.56. The number of fused-ring (bicyclic) bond motifs is 2. The maximum absolute atomic E-state index is 15.2. The van der Waals surface area contributed by atoms with Crippen LogP contribution in [0.5, 0.6) is 10.9 Å². The predicted molar refractivity (Wildman–Crippen MR) is 116 cm³/mol. The SMILES string of the molecule is CN1C[C@@]2(C)CC1(C)[C@H](F)[C@@H]2Oc1nnc(-c2ccc(-c3ncn(C)c(=O)n3)cc2O)s1. The van der Waals surface area contributed by atoms with Crippen LogP contribution < -0.4 is 10.4 Å². The highest BCUT2D eigenvalue weighted by atomic mass is 32.1. The monoisotopic (exact) mass is 458 g/mol. The number of phenols is 1. The molecule has 2 fully saturated rings. The molecule has 1 N–H and O–H groups in total. The number of piperidine rings is 1. The molecule has 9 nitrogen and oxygen atoms in total. The number of hydrogen-bond donors (Lipinski definition) is 1. The normalized spacial score (nSPS) is 29.5. The van der Waals surface area contributed by atoms with Gasteiger partial charge in [0.05, 0.1) is 11.1 Å². The summed E-state index contributed by atoms with van der Waals surface area (Å²) in [6.45, 7) is 4.74. The maximum Gasteiger partial charge on any atom is 0.350 e. The number of aromatic hydroxyl groups is 1. The molecule has 2 aliphatic rings. The van der Waals surface area contributed by atoms with Crippen molar-refractivity contribution in [1.82, 2.24) is 29.6 Å². The first-order valence-electron chi connectivity index (χ1n) is 10.2. The quantitative estimate of drug-likeness (QED) is 0.635. The summed E-state index contributed by atoms with van der Waals surface area (Å²) in [7, 11) is 3.50. The van der Waals surface area contributed by atoms with E-state index in [4.69, 9.17) is 4.74 Å². The lowest BCUT2D eigenvalue weighted by molar-refractivity contribution is -0.0389. The smallest absolute Gasteiger partial charge is 0.350 e. The molecule has 0 spiro atoms. The molecule has 1 aliphatic heterocycles. The highest BCUT2D eigenvalue weighted by molar-refractivity contribution is 7.16. The highest BCUT2D eigenvalue weighted by Gasteiger charge is 2.66. The van der Waals surface area contributed by atoms with E-state index < -0.39 is 23.5 Å². The highest BCUT2D eigenvalue weighted by Crippen LogP contribution is 2.56. The van der Waals surface area contributed by atoms with Crippen molar-refractivity contribution in [1.29, 1.82) is 0 Å². The summed E-state index contributed by atoms with van der Waals surface area (Å²) in [5.41, 5.74) is -0.331. The zero-order valence-corrected chi connectivity index (χ0v) is 18.9. The van der Waals surface area contributed by atoms with Crippen LogP contribution in [-0.4, -0.2) is 66.1 Å². The van der Waals surface area contributed by atoms with E-state index in [2.05, 4.69) is 25.1 Å². The van der Waals surface area contributed by atoms with Crippen molar-refractivity contribution in [2.45, 2.75) is 38.1 Å². The minimum atomic E-state index is -1.13. The van der Waals surface area contributed by atoms with Crippen molar-refractivity contribution in [3.8, 4) is 32.9 Å². The van der Waals surface area contributed by atoms with Crippen LogP contribution in [0.3, 0.4) is 0 Å². The molecular formula is C21H23FN6O3S. The van der Waals surface area contributed by atoms with Crippen LogP contribution in [0, 0.1) is 5.41 Å². The number of aromatic nitrogens is 5. The Kier molecular flexibility index (Phi) is 4.61. The number of hydrogen-bond acceptors (Lipinski definition) is 9. The topological polar surface area (TPSA) is 106 Å². The number of likely N-dealkylation sites (tertiary alicyclic amines) is 1. The van der Waals surface area contributed by atoms with Gasteiger partial charge in [0.25, 0.3) is 5.19 Å². The standard InChI is InChI=1S/C21H23FN6O3S/c1-20-8-21(2,28(4)9-20)14(22)15(20)31-19-26-25-17(32-19)12-6-5-11(7-13(12)29)16-23-10-27(3)18(30)24-16/h5-7,10,14-15,29H,8-9H2,1-4H3/t14-,15+,20-,21?/m1/s1.